The maximum atomic E-state index is 13.7. The number of alkyl halides is 3. The first-order valence-corrected chi connectivity index (χ1v) is 6.89. The highest BCUT2D eigenvalue weighted by Gasteiger charge is 2.46. The van der Waals surface area contributed by atoms with E-state index in [-0.39, 0.29) is 36.0 Å². The zero-order valence-electron chi connectivity index (χ0n) is 12.3. The standard InChI is InChI=1S/C16H16F4O2/c1-4-15(22-14(21)9(2)3)6-5-11-12(15)7-10(17)8-13(11)16(18,19)20/h7-8H,2,4-6H2,1,3H3. The Hall–Kier alpha value is -1.85. The molecule has 0 saturated heterocycles. The van der Waals surface area contributed by atoms with Gasteiger partial charge in [0.1, 0.15) is 11.4 Å². The van der Waals surface area contributed by atoms with Gasteiger partial charge in [-0.2, -0.15) is 13.2 Å². The zero-order chi connectivity index (χ0) is 16.7. The first-order chi connectivity index (χ1) is 10.1. The van der Waals surface area contributed by atoms with Gasteiger partial charge < -0.3 is 4.74 Å². The molecule has 0 fully saturated rings. The molecule has 6 heteroatoms. The van der Waals surface area contributed by atoms with Gasteiger partial charge in [0, 0.05) is 11.1 Å². The predicted molar refractivity (Wildman–Crippen MR) is 72.6 cm³/mol. The van der Waals surface area contributed by atoms with E-state index < -0.39 is 29.1 Å². The highest BCUT2D eigenvalue weighted by Crippen LogP contribution is 2.47. The van der Waals surface area contributed by atoms with E-state index in [2.05, 4.69) is 6.58 Å². The molecule has 1 aromatic carbocycles. The molecule has 1 unspecified atom stereocenters. The second kappa shape index (κ2) is 5.41. The SMILES string of the molecule is C=C(C)C(=O)OC1(CC)CCc2c(C(F)(F)F)cc(F)cc21. The summed E-state index contributed by atoms with van der Waals surface area (Å²) in [4.78, 5) is 11.8. The van der Waals surface area contributed by atoms with Crippen LogP contribution in [0.15, 0.2) is 24.3 Å². The predicted octanol–water partition coefficient (Wildman–Crippen LogP) is 4.52. The minimum absolute atomic E-state index is 0.00488. The van der Waals surface area contributed by atoms with E-state index in [0.717, 1.165) is 6.07 Å². The molecule has 22 heavy (non-hydrogen) atoms. The number of carbonyl (C=O) groups is 1. The van der Waals surface area contributed by atoms with Crippen molar-refractivity contribution in [1.82, 2.24) is 0 Å². The van der Waals surface area contributed by atoms with Crippen LogP contribution in [0.3, 0.4) is 0 Å². The minimum atomic E-state index is -4.64. The molecule has 2 nitrogen and oxygen atoms in total. The molecular formula is C16H16F4O2. The number of esters is 1. The Kier molecular flexibility index (Phi) is 4.06. The third kappa shape index (κ3) is 2.74. The summed E-state index contributed by atoms with van der Waals surface area (Å²) in [6.07, 6.45) is -4.10. The fraction of sp³-hybridized carbons (Fsp3) is 0.438. The van der Waals surface area contributed by atoms with Gasteiger partial charge in [-0.15, -0.1) is 0 Å². The molecule has 0 amide bonds. The molecule has 0 radical (unpaired) electrons. The van der Waals surface area contributed by atoms with Crippen LogP contribution in [-0.2, 0) is 27.7 Å². The third-order valence-corrected chi connectivity index (χ3v) is 4.00. The van der Waals surface area contributed by atoms with Crippen LogP contribution in [0.4, 0.5) is 17.6 Å². The second-order valence-corrected chi connectivity index (χ2v) is 5.49. The molecule has 0 heterocycles. The molecule has 1 aliphatic rings. The van der Waals surface area contributed by atoms with Gasteiger partial charge >= 0.3 is 12.1 Å². The number of hydrogen-bond donors (Lipinski definition) is 0. The summed E-state index contributed by atoms with van der Waals surface area (Å²) in [5.74, 6) is -1.68. The van der Waals surface area contributed by atoms with Gasteiger partial charge in [0.2, 0.25) is 0 Å². The fourth-order valence-corrected chi connectivity index (χ4v) is 2.84. The van der Waals surface area contributed by atoms with Crippen molar-refractivity contribution in [2.75, 3.05) is 0 Å². The lowest BCUT2D eigenvalue weighted by molar-refractivity contribution is -0.156. The number of fused-ring (bicyclic) bond motifs is 1. The van der Waals surface area contributed by atoms with Crippen molar-refractivity contribution in [3.63, 3.8) is 0 Å². The zero-order valence-corrected chi connectivity index (χ0v) is 12.3. The molecule has 0 aliphatic heterocycles. The van der Waals surface area contributed by atoms with E-state index in [0.29, 0.717) is 6.07 Å². The van der Waals surface area contributed by atoms with Crippen LogP contribution in [0.2, 0.25) is 0 Å². The molecule has 1 aromatic rings. The summed E-state index contributed by atoms with van der Waals surface area (Å²) in [5.41, 5.74) is -1.96. The molecule has 2 rings (SSSR count). The minimum Gasteiger partial charge on any atom is -0.451 e. The van der Waals surface area contributed by atoms with E-state index in [1.54, 1.807) is 6.92 Å². The first kappa shape index (κ1) is 16.5. The van der Waals surface area contributed by atoms with Crippen LogP contribution in [0.1, 0.15) is 43.4 Å². The summed E-state index contributed by atoms with van der Waals surface area (Å²) in [5, 5.41) is 0. The van der Waals surface area contributed by atoms with Crippen molar-refractivity contribution >= 4 is 5.97 Å². The topological polar surface area (TPSA) is 26.3 Å². The van der Waals surface area contributed by atoms with Gasteiger partial charge in [-0.05, 0) is 43.9 Å². The van der Waals surface area contributed by atoms with E-state index in [1.807, 2.05) is 0 Å². The maximum absolute atomic E-state index is 13.7. The molecular weight excluding hydrogens is 300 g/mol. The van der Waals surface area contributed by atoms with Crippen molar-refractivity contribution in [1.29, 1.82) is 0 Å². The van der Waals surface area contributed by atoms with Gasteiger partial charge in [-0.25, -0.2) is 9.18 Å². The average Bonchev–Trinajstić information content (AvgIpc) is 2.76. The monoisotopic (exact) mass is 316 g/mol. The first-order valence-electron chi connectivity index (χ1n) is 6.89. The highest BCUT2D eigenvalue weighted by molar-refractivity contribution is 5.87. The van der Waals surface area contributed by atoms with Crippen LogP contribution >= 0.6 is 0 Å². The summed E-state index contributed by atoms with van der Waals surface area (Å²) in [7, 11) is 0. The van der Waals surface area contributed by atoms with Crippen LogP contribution < -0.4 is 0 Å². The van der Waals surface area contributed by atoms with Crippen LogP contribution in [0, 0.1) is 5.82 Å². The number of rotatable bonds is 3. The summed E-state index contributed by atoms with van der Waals surface area (Å²) in [6, 6.07) is 1.53. The Morgan fingerprint density at radius 2 is 2.05 bits per heavy atom. The van der Waals surface area contributed by atoms with Crippen LogP contribution in [0.5, 0.6) is 0 Å². The van der Waals surface area contributed by atoms with Crippen molar-refractivity contribution in [3.8, 4) is 0 Å². The second-order valence-electron chi connectivity index (χ2n) is 5.49. The number of hydrogen-bond acceptors (Lipinski definition) is 2. The lowest BCUT2D eigenvalue weighted by Crippen LogP contribution is -2.30. The molecule has 1 aliphatic carbocycles. The van der Waals surface area contributed by atoms with Gasteiger partial charge in [0.05, 0.1) is 5.56 Å². The summed E-state index contributed by atoms with van der Waals surface area (Å²) >= 11 is 0. The van der Waals surface area contributed by atoms with E-state index in [4.69, 9.17) is 4.74 Å². The molecule has 0 aromatic heterocycles. The summed E-state index contributed by atoms with van der Waals surface area (Å²) < 4.78 is 58.3. The number of ether oxygens (including phenoxy) is 1. The van der Waals surface area contributed by atoms with Crippen molar-refractivity contribution in [2.45, 2.75) is 44.9 Å². The van der Waals surface area contributed by atoms with Gasteiger partial charge in [0.15, 0.2) is 0 Å². The number of benzene rings is 1. The van der Waals surface area contributed by atoms with E-state index >= 15 is 0 Å². The molecule has 0 saturated carbocycles. The van der Waals surface area contributed by atoms with E-state index in [9.17, 15) is 22.4 Å². The van der Waals surface area contributed by atoms with E-state index in [1.165, 1.54) is 6.92 Å². The third-order valence-electron chi connectivity index (χ3n) is 4.00. The Bertz CT molecular complexity index is 634. The Balaban J connectivity index is 2.57. The average molecular weight is 316 g/mol. The number of carbonyl (C=O) groups excluding carboxylic acids is 1. The largest absolute Gasteiger partial charge is 0.451 e. The van der Waals surface area contributed by atoms with Crippen molar-refractivity contribution < 1.29 is 27.1 Å². The lowest BCUT2D eigenvalue weighted by atomic mass is 9.91. The molecule has 1 atom stereocenters. The molecule has 0 bridgehead atoms. The maximum Gasteiger partial charge on any atom is 0.416 e. The van der Waals surface area contributed by atoms with Gasteiger partial charge in [-0.3, -0.25) is 0 Å². The van der Waals surface area contributed by atoms with Crippen molar-refractivity contribution in [2.24, 2.45) is 0 Å². The normalized spacial score (nSPS) is 20.6. The molecule has 120 valence electrons. The number of halogens is 4. The molecule has 0 spiro atoms. The smallest absolute Gasteiger partial charge is 0.416 e. The highest BCUT2D eigenvalue weighted by atomic mass is 19.4. The lowest BCUT2D eigenvalue weighted by Gasteiger charge is -2.29. The Labute approximate surface area is 125 Å². The summed E-state index contributed by atoms with van der Waals surface area (Å²) in [6.45, 7) is 6.61. The Morgan fingerprint density at radius 3 is 2.55 bits per heavy atom. The van der Waals surface area contributed by atoms with Gasteiger partial charge in [0.25, 0.3) is 0 Å². The van der Waals surface area contributed by atoms with Crippen LogP contribution in [-0.4, -0.2) is 5.97 Å². The molecule has 0 N–H and O–H groups in total. The van der Waals surface area contributed by atoms with Gasteiger partial charge in [-0.1, -0.05) is 13.5 Å². The van der Waals surface area contributed by atoms with Crippen molar-refractivity contribution in [3.05, 3.63) is 46.8 Å². The Morgan fingerprint density at radius 1 is 1.41 bits per heavy atom. The quantitative estimate of drug-likeness (QED) is 0.466. The van der Waals surface area contributed by atoms with Crippen LogP contribution in [0.25, 0.3) is 0 Å². The fourth-order valence-electron chi connectivity index (χ4n) is 2.84.